The van der Waals surface area contributed by atoms with E-state index in [-0.39, 0.29) is 94.8 Å². The van der Waals surface area contributed by atoms with E-state index < -0.39 is 82.8 Å². The highest BCUT2D eigenvalue weighted by molar-refractivity contribution is 6.07. The van der Waals surface area contributed by atoms with E-state index in [1.54, 1.807) is 96.9 Å². The Kier molecular flexibility index (Phi) is 20.3. The maximum atomic E-state index is 16.6. The van der Waals surface area contributed by atoms with Crippen molar-refractivity contribution >= 4 is 92.5 Å². The normalized spacial score (nSPS) is 17.5. The molecular formula is C68H78F2N12O14. The minimum Gasteiger partial charge on any atom is -0.474 e. The van der Waals surface area contributed by atoms with Crippen LogP contribution in [0.3, 0.4) is 0 Å². The largest absolute Gasteiger partial charge is 0.474 e. The quantitative estimate of drug-likeness (QED) is 0.103. The number of hydrogen-bond acceptors (Lipinski definition) is 20. The fraction of sp³-hybridized carbons (Fsp3) is 0.471. The van der Waals surface area contributed by atoms with Crippen molar-refractivity contribution in [2.24, 2.45) is 11.8 Å². The molecule has 0 radical (unpaired) electrons. The summed E-state index contributed by atoms with van der Waals surface area (Å²) in [5.74, 6) is -1.77. The molecule has 6 heterocycles. The molecule has 2 fully saturated rings. The monoisotopic (exact) mass is 1320 g/mol. The number of nitrogens with zero attached hydrogens (tertiary/aromatic N) is 8. The average molecular weight is 1330 g/mol. The molecule has 508 valence electrons. The SMILES string of the molecule is Cc1c(-c2cc3cc(NC(=O)O[C@@H]4CCC[C@H]4C#N)ncc3c(NC(=O)OC(C)(C)C)c2F)cnc2c1N(C(=O)OC(C)(C)C)CCO2.Cc1c(-c2cc3cc(NC(=O)O[C@H]4CCC[C@@H]4C#N)ncc3c(NC(=O)OC(C)(C)C)c2F)cnc2c1N(C(=O)OC(C)(C)C)CCO2. The van der Waals surface area contributed by atoms with Crippen molar-refractivity contribution in [2.75, 3.05) is 57.4 Å². The molecule has 26 nitrogen and oxygen atoms in total. The third-order valence-electron chi connectivity index (χ3n) is 15.4. The van der Waals surface area contributed by atoms with Gasteiger partial charge in [-0.3, -0.25) is 31.1 Å². The number of nitriles is 2. The van der Waals surface area contributed by atoms with Crippen LogP contribution in [0.4, 0.5) is 71.9 Å². The van der Waals surface area contributed by atoms with Crippen LogP contribution in [0, 0.1) is 60.0 Å². The second-order valence-electron chi connectivity index (χ2n) is 27.4. The highest BCUT2D eigenvalue weighted by atomic mass is 19.1. The molecule has 0 bridgehead atoms. The topological polar surface area (TPSA) is 330 Å². The lowest BCUT2D eigenvalue weighted by Gasteiger charge is -2.32. The van der Waals surface area contributed by atoms with E-state index in [0.717, 1.165) is 12.8 Å². The fourth-order valence-corrected chi connectivity index (χ4v) is 11.3. The van der Waals surface area contributed by atoms with E-state index in [1.165, 1.54) is 58.9 Å². The Bertz CT molecular complexity index is 3880. The maximum absolute atomic E-state index is 16.6. The number of halogens is 2. The van der Waals surface area contributed by atoms with Gasteiger partial charge in [-0.2, -0.15) is 10.5 Å². The first-order valence-electron chi connectivity index (χ1n) is 31.3. The lowest BCUT2D eigenvalue weighted by atomic mass is 9.96. The van der Waals surface area contributed by atoms with E-state index in [4.69, 9.17) is 37.9 Å². The molecule has 6 aromatic rings. The number of anilines is 6. The van der Waals surface area contributed by atoms with Crippen LogP contribution < -0.4 is 40.5 Å². The Morgan fingerprint density at radius 2 is 0.865 bits per heavy atom. The van der Waals surface area contributed by atoms with E-state index in [9.17, 15) is 39.3 Å². The van der Waals surface area contributed by atoms with Crippen molar-refractivity contribution in [1.82, 2.24) is 19.9 Å². The van der Waals surface area contributed by atoms with Crippen molar-refractivity contribution in [2.45, 2.75) is 170 Å². The number of benzene rings is 2. The van der Waals surface area contributed by atoms with Crippen molar-refractivity contribution in [3.8, 4) is 46.2 Å². The zero-order chi connectivity index (χ0) is 69.9. The minimum atomic E-state index is -0.890. The molecule has 0 unspecified atom stereocenters. The number of nitrogens with one attached hydrogen (secondary N) is 4. The third-order valence-corrected chi connectivity index (χ3v) is 15.4. The number of rotatable bonds is 8. The molecule has 2 aromatic carbocycles. The molecule has 4 N–H and O–H groups in total. The second-order valence-corrected chi connectivity index (χ2v) is 27.4. The number of carbonyl (C=O) groups is 6. The smallest absolute Gasteiger partial charge is 0.415 e. The first-order chi connectivity index (χ1) is 45.1. The van der Waals surface area contributed by atoms with Gasteiger partial charge in [0.05, 0.1) is 48.4 Å². The van der Waals surface area contributed by atoms with Gasteiger partial charge in [0, 0.05) is 57.8 Å². The summed E-state index contributed by atoms with van der Waals surface area (Å²) in [5, 5.41) is 30.2. The number of fused-ring (bicyclic) bond motifs is 4. The van der Waals surface area contributed by atoms with Gasteiger partial charge in [0.15, 0.2) is 11.6 Å². The summed E-state index contributed by atoms with van der Waals surface area (Å²) in [6, 6.07) is 10.4. The van der Waals surface area contributed by atoms with E-state index in [0.29, 0.717) is 70.1 Å². The van der Waals surface area contributed by atoms with Gasteiger partial charge in [-0.05, 0) is 182 Å². The zero-order valence-corrected chi connectivity index (χ0v) is 56.0. The fourth-order valence-electron chi connectivity index (χ4n) is 11.3. The predicted molar refractivity (Wildman–Crippen MR) is 351 cm³/mol. The second kappa shape index (κ2) is 27.9. The van der Waals surface area contributed by atoms with Crippen LogP contribution >= 0.6 is 0 Å². The molecule has 4 aliphatic rings. The lowest BCUT2D eigenvalue weighted by molar-refractivity contribution is 0.0556. The van der Waals surface area contributed by atoms with Crippen LogP contribution in [0.1, 0.15) is 133 Å². The van der Waals surface area contributed by atoms with Crippen LogP contribution in [-0.2, 0) is 28.4 Å². The van der Waals surface area contributed by atoms with Crippen molar-refractivity contribution in [1.29, 1.82) is 10.5 Å². The van der Waals surface area contributed by atoms with Crippen LogP contribution in [0.25, 0.3) is 43.8 Å². The molecule has 4 atom stereocenters. The molecule has 6 amide bonds. The molecule has 0 saturated heterocycles. The van der Waals surface area contributed by atoms with Crippen LogP contribution in [0.15, 0.2) is 49.1 Å². The maximum Gasteiger partial charge on any atom is 0.415 e. The number of aromatic nitrogens is 4. The summed E-state index contributed by atoms with van der Waals surface area (Å²) in [6.07, 6.45) is 3.95. The number of ether oxygens (including phenoxy) is 8. The average Bonchev–Trinajstić information content (AvgIpc) is 0.829. The molecule has 2 saturated carbocycles. The van der Waals surface area contributed by atoms with Crippen LogP contribution in [0.5, 0.6) is 11.8 Å². The Morgan fingerprint density at radius 3 is 1.21 bits per heavy atom. The molecule has 2 aliphatic heterocycles. The lowest BCUT2D eigenvalue weighted by Crippen LogP contribution is -2.42. The van der Waals surface area contributed by atoms with Crippen LogP contribution in [-0.4, -0.2) is 117 Å². The van der Waals surface area contributed by atoms with Gasteiger partial charge >= 0.3 is 36.6 Å². The summed E-state index contributed by atoms with van der Waals surface area (Å²) >= 11 is 0. The standard InChI is InChI=1S/2C34H39FN6O7/c2*1-18-22(16-38-29-28(18)41(11-12-45-29)32(44)48-34(5,6)7)21-13-20-14-25(39-30(42)46-24-10-8-9-19(24)15-36)37-17-23(20)27(26(21)35)40-31(43)47-33(2,3)4/h2*13-14,16-17,19,24H,8-12H2,1-7H3,(H,40,43)(H,37,39,42)/t2*19-,24+/m10/s1. The molecule has 4 aromatic heterocycles. The van der Waals surface area contributed by atoms with Gasteiger partial charge in [0.25, 0.3) is 0 Å². The molecule has 28 heteroatoms. The first-order valence-corrected chi connectivity index (χ1v) is 31.3. The van der Waals surface area contributed by atoms with Gasteiger partial charge in [-0.25, -0.2) is 57.5 Å². The Labute approximate surface area is 553 Å². The molecule has 2 aliphatic carbocycles. The van der Waals surface area contributed by atoms with Crippen molar-refractivity contribution < 1.29 is 75.4 Å². The van der Waals surface area contributed by atoms with Gasteiger partial charge in [0.2, 0.25) is 11.8 Å². The third kappa shape index (κ3) is 16.6. The Balaban J connectivity index is 0.000000225. The van der Waals surface area contributed by atoms with Crippen molar-refractivity contribution in [3.63, 3.8) is 0 Å². The number of hydrogen-bond donors (Lipinski definition) is 4. The Morgan fingerprint density at radius 1 is 0.500 bits per heavy atom. The van der Waals surface area contributed by atoms with Gasteiger partial charge < -0.3 is 37.9 Å². The predicted octanol–water partition coefficient (Wildman–Crippen LogP) is 14.9. The summed E-state index contributed by atoms with van der Waals surface area (Å²) < 4.78 is 77.7. The van der Waals surface area contributed by atoms with Gasteiger partial charge in [-0.15, -0.1) is 0 Å². The summed E-state index contributed by atoms with van der Waals surface area (Å²) in [7, 11) is 0. The minimum absolute atomic E-state index is 0.0404. The number of carbonyl (C=O) groups excluding carboxylic acids is 6. The molecule has 0 spiro atoms. The highest BCUT2D eigenvalue weighted by Gasteiger charge is 2.37. The van der Waals surface area contributed by atoms with Gasteiger partial charge in [0.1, 0.15) is 70.8 Å². The number of amides is 6. The molecular weight excluding hydrogens is 1250 g/mol. The Hall–Kier alpha value is -10.4. The first kappa shape index (κ1) is 69.9. The summed E-state index contributed by atoms with van der Waals surface area (Å²) in [4.78, 5) is 97.8. The van der Waals surface area contributed by atoms with E-state index >= 15 is 8.78 Å². The van der Waals surface area contributed by atoms with E-state index in [2.05, 4.69) is 53.3 Å². The molecule has 96 heavy (non-hydrogen) atoms. The van der Waals surface area contributed by atoms with Crippen LogP contribution in [0.2, 0.25) is 0 Å². The number of pyridine rings is 4. The molecule has 10 rings (SSSR count). The summed E-state index contributed by atoms with van der Waals surface area (Å²) in [5.41, 5.74) is -1.34. The van der Waals surface area contributed by atoms with E-state index in [1.807, 2.05) is 0 Å². The van der Waals surface area contributed by atoms with Crippen molar-refractivity contribution in [3.05, 3.63) is 71.8 Å². The highest BCUT2D eigenvalue weighted by Crippen LogP contribution is 2.45. The van der Waals surface area contributed by atoms with Gasteiger partial charge in [-0.1, -0.05) is 0 Å². The zero-order valence-electron chi connectivity index (χ0n) is 56.0. The summed E-state index contributed by atoms with van der Waals surface area (Å²) in [6.45, 7) is 24.8.